The Morgan fingerprint density at radius 1 is 1.02 bits per heavy atom. The summed E-state index contributed by atoms with van der Waals surface area (Å²) in [4.78, 5) is 39.1. The molecule has 12 heteroatoms. The second-order valence-electron chi connectivity index (χ2n) is 13.8. The van der Waals surface area contributed by atoms with Crippen LogP contribution in [0.1, 0.15) is 82.1 Å². The molecule has 2 aromatic carbocycles. The summed E-state index contributed by atoms with van der Waals surface area (Å²) in [6, 6.07) is 11.3. The minimum Gasteiger partial charge on any atom is -0.455 e. The van der Waals surface area contributed by atoms with Gasteiger partial charge in [-0.25, -0.2) is 13.8 Å². The highest BCUT2D eigenvalue weighted by Gasteiger charge is 2.41. The van der Waals surface area contributed by atoms with Crippen LogP contribution in [-0.2, 0) is 27.4 Å². The number of ether oxygens (including phenoxy) is 1. The third-order valence-corrected chi connectivity index (χ3v) is 9.72. The van der Waals surface area contributed by atoms with Gasteiger partial charge in [0.1, 0.15) is 23.8 Å². The number of benzene rings is 2. The van der Waals surface area contributed by atoms with Crippen molar-refractivity contribution in [1.29, 1.82) is 0 Å². The lowest BCUT2D eigenvalue weighted by Gasteiger charge is -2.42. The van der Waals surface area contributed by atoms with Gasteiger partial charge in [0.25, 0.3) is 6.02 Å². The van der Waals surface area contributed by atoms with Gasteiger partial charge < -0.3 is 35.8 Å². The normalized spacial score (nSPS) is 22.2. The molecule has 0 aliphatic carbocycles. The predicted molar refractivity (Wildman–Crippen MR) is 187 cm³/mol. The Kier molecular flexibility index (Phi) is 13.0. The average Bonchev–Trinajstić information content (AvgIpc) is 3.50. The minimum absolute atomic E-state index is 0.0727. The highest BCUT2D eigenvalue weighted by molar-refractivity contribution is 5.91. The molecule has 0 unspecified atom stereocenters. The van der Waals surface area contributed by atoms with Crippen molar-refractivity contribution < 1.29 is 23.1 Å². The van der Waals surface area contributed by atoms with Crippen LogP contribution < -0.4 is 16.4 Å². The molecule has 0 radical (unpaired) electrons. The molecule has 3 aliphatic rings. The Morgan fingerprint density at radius 2 is 1.73 bits per heavy atom. The monoisotopic (exact) mass is 681 g/mol. The van der Waals surface area contributed by atoms with Gasteiger partial charge in [-0.1, -0.05) is 57.0 Å². The largest absolute Gasteiger partial charge is 0.455 e. The van der Waals surface area contributed by atoms with E-state index in [9.17, 15) is 18.4 Å². The van der Waals surface area contributed by atoms with Crippen LogP contribution in [0.5, 0.6) is 0 Å². The number of nitrogens with one attached hydrogen (secondary N) is 2. The molecule has 0 aromatic heterocycles. The maximum Gasteiger partial charge on any atom is 0.288 e. The topological polar surface area (TPSA) is 116 Å². The van der Waals surface area contributed by atoms with Gasteiger partial charge in [0.05, 0.1) is 18.6 Å². The first kappa shape index (κ1) is 36.7. The van der Waals surface area contributed by atoms with Crippen molar-refractivity contribution in [2.45, 2.75) is 103 Å². The van der Waals surface area contributed by atoms with Crippen molar-refractivity contribution >= 4 is 17.8 Å². The average molecular weight is 682 g/mol. The molecule has 49 heavy (non-hydrogen) atoms. The number of carbonyl (C=O) groups is 2. The number of amides is 2. The van der Waals surface area contributed by atoms with Crippen LogP contribution in [-0.4, -0.2) is 96.0 Å². The Hall–Kier alpha value is -3.61. The van der Waals surface area contributed by atoms with E-state index in [-0.39, 0.29) is 54.9 Å². The molecule has 268 valence electrons. The number of nitrogens with zero attached hydrogens (tertiary/aromatic N) is 4. The van der Waals surface area contributed by atoms with E-state index in [1.54, 1.807) is 4.90 Å². The van der Waals surface area contributed by atoms with Gasteiger partial charge in [-0.15, -0.1) is 0 Å². The summed E-state index contributed by atoms with van der Waals surface area (Å²) in [6.07, 6.45) is 6.10. The summed E-state index contributed by atoms with van der Waals surface area (Å²) in [6.45, 7) is 9.89. The molecule has 0 saturated carbocycles. The third kappa shape index (κ3) is 9.55. The summed E-state index contributed by atoms with van der Waals surface area (Å²) in [5, 5.41) is 6.30. The zero-order valence-electron chi connectivity index (χ0n) is 29.2. The Bertz CT molecular complexity index is 1410. The van der Waals surface area contributed by atoms with E-state index in [1.807, 2.05) is 56.0 Å². The maximum atomic E-state index is 14.5. The first-order valence-corrected chi connectivity index (χ1v) is 17.9. The van der Waals surface area contributed by atoms with Crippen molar-refractivity contribution in [3.05, 3.63) is 70.8 Å². The first-order chi connectivity index (χ1) is 23.6. The van der Waals surface area contributed by atoms with Crippen molar-refractivity contribution in [2.24, 2.45) is 10.7 Å². The molecule has 4 atom stereocenters. The molecule has 10 nitrogen and oxygen atoms in total. The zero-order chi connectivity index (χ0) is 34.9. The molecule has 0 spiro atoms. The van der Waals surface area contributed by atoms with E-state index >= 15 is 0 Å². The van der Waals surface area contributed by atoms with Gasteiger partial charge in [-0.05, 0) is 75.5 Å². The molecular formula is C37H53F2N7O3. The number of aliphatic imine (C=N–C) groups is 1. The highest BCUT2D eigenvalue weighted by Crippen LogP contribution is 2.30. The van der Waals surface area contributed by atoms with E-state index in [0.717, 1.165) is 38.0 Å². The Morgan fingerprint density at radius 3 is 2.41 bits per heavy atom. The number of rotatable bonds is 13. The molecule has 5 rings (SSSR count). The van der Waals surface area contributed by atoms with Crippen LogP contribution in [0.25, 0.3) is 0 Å². The van der Waals surface area contributed by atoms with E-state index in [4.69, 9.17) is 15.5 Å². The molecule has 2 amide bonds. The summed E-state index contributed by atoms with van der Waals surface area (Å²) in [5.74, 6) is -2.05. The lowest BCUT2D eigenvalue weighted by Crippen LogP contribution is -2.64. The van der Waals surface area contributed by atoms with E-state index in [1.165, 1.54) is 31.4 Å². The quantitative estimate of drug-likeness (QED) is 0.273. The standard InChI is InChI=1S/C37H53F2N7O3/c1-25(2)42-32(14-8-11-17-44-15-9-5-10-16-44)36(48)46-19-18-45(37-43-26(3)34(49-37)28-12-6-4-7-13-28)24-33(46)35(47)41-23-27-20-30(38)29(22-40)31(39)21-27/h4,6-7,12-13,20-21,25-26,32-34,42H,5,8-11,14-19,22-24,40H2,1-3H3,(H,41,47)/t26-,32+,33-,34+/m0/s1. The van der Waals surface area contributed by atoms with E-state index in [0.29, 0.717) is 25.5 Å². The summed E-state index contributed by atoms with van der Waals surface area (Å²) >= 11 is 0. The van der Waals surface area contributed by atoms with Crippen LogP contribution in [0.3, 0.4) is 0 Å². The maximum absolute atomic E-state index is 14.5. The molecule has 2 aromatic rings. The number of halogens is 2. The van der Waals surface area contributed by atoms with Gasteiger partial charge >= 0.3 is 0 Å². The highest BCUT2D eigenvalue weighted by atomic mass is 19.1. The lowest BCUT2D eigenvalue weighted by molar-refractivity contribution is -0.145. The fourth-order valence-corrected chi connectivity index (χ4v) is 7.08. The predicted octanol–water partition coefficient (Wildman–Crippen LogP) is 4.09. The molecule has 4 N–H and O–H groups in total. The summed E-state index contributed by atoms with van der Waals surface area (Å²) in [7, 11) is 0. The van der Waals surface area contributed by atoms with Crippen LogP contribution in [0.15, 0.2) is 47.5 Å². The fourth-order valence-electron chi connectivity index (χ4n) is 7.08. The van der Waals surface area contributed by atoms with E-state index in [2.05, 4.69) is 15.5 Å². The Labute approximate surface area is 289 Å². The van der Waals surface area contributed by atoms with Gasteiger partial charge in [-0.2, -0.15) is 0 Å². The number of piperazine rings is 1. The molecule has 3 aliphatic heterocycles. The van der Waals surface area contributed by atoms with Crippen LogP contribution in [0, 0.1) is 11.6 Å². The number of piperidine rings is 1. The molecule has 0 bridgehead atoms. The number of nitrogens with two attached hydrogens (primary N) is 1. The molecule has 3 heterocycles. The van der Waals surface area contributed by atoms with Crippen molar-refractivity contribution in [3.63, 3.8) is 0 Å². The SMILES string of the molecule is CC(C)N[C@H](CCCCN1CCCCC1)C(=O)N1CCN(C2=N[C@@H](C)[C@H](c3ccccc3)O2)C[C@H]1C(=O)NCc1cc(F)c(CN)c(F)c1. The molecule has 2 fully saturated rings. The van der Waals surface area contributed by atoms with Gasteiger partial charge in [0, 0.05) is 37.8 Å². The fraction of sp³-hybridized carbons (Fsp3) is 0.595. The number of unbranched alkanes of at least 4 members (excludes halogenated alkanes) is 1. The zero-order valence-corrected chi connectivity index (χ0v) is 29.2. The first-order valence-electron chi connectivity index (χ1n) is 17.9. The summed E-state index contributed by atoms with van der Waals surface area (Å²) in [5.41, 5.74) is 6.57. The van der Waals surface area contributed by atoms with Crippen LogP contribution in [0.4, 0.5) is 8.78 Å². The number of hydrogen-bond acceptors (Lipinski definition) is 8. The van der Waals surface area contributed by atoms with Crippen molar-refractivity contribution in [2.75, 3.05) is 39.3 Å². The van der Waals surface area contributed by atoms with Crippen molar-refractivity contribution in [1.82, 2.24) is 25.3 Å². The van der Waals surface area contributed by atoms with Gasteiger partial charge in [0.15, 0.2) is 0 Å². The van der Waals surface area contributed by atoms with Crippen LogP contribution >= 0.6 is 0 Å². The van der Waals surface area contributed by atoms with Crippen molar-refractivity contribution in [3.8, 4) is 0 Å². The second kappa shape index (κ2) is 17.4. The smallest absolute Gasteiger partial charge is 0.288 e. The number of hydrogen-bond donors (Lipinski definition) is 3. The number of carbonyl (C=O) groups excluding carboxylic acids is 2. The minimum atomic E-state index is -0.874. The third-order valence-electron chi connectivity index (χ3n) is 9.72. The van der Waals surface area contributed by atoms with Gasteiger partial charge in [0.2, 0.25) is 11.8 Å². The lowest BCUT2D eigenvalue weighted by atomic mass is 10.0. The van der Waals surface area contributed by atoms with E-state index < -0.39 is 29.6 Å². The van der Waals surface area contributed by atoms with Gasteiger partial charge in [-0.3, -0.25) is 9.59 Å². The molecular weight excluding hydrogens is 628 g/mol. The number of amidine groups is 1. The summed E-state index contributed by atoms with van der Waals surface area (Å²) < 4.78 is 35.3. The molecule has 2 saturated heterocycles. The Balaban J connectivity index is 1.30. The van der Waals surface area contributed by atoms with Crippen LogP contribution in [0.2, 0.25) is 0 Å². The second-order valence-corrected chi connectivity index (χ2v) is 13.8. The number of likely N-dealkylation sites (tertiary alicyclic amines) is 1.